The van der Waals surface area contributed by atoms with Crippen LogP contribution in [0, 0.1) is 21.4 Å². The Bertz CT molecular complexity index is 1150. The highest BCUT2D eigenvalue weighted by Crippen LogP contribution is 2.40. The minimum absolute atomic E-state index is 0.0487. The number of thiophene rings is 1. The molecule has 0 spiro atoms. The van der Waals surface area contributed by atoms with Gasteiger partial charge in [-0.3, -0.25) is 14.9 Å². The van der Waals surface area contributed by atoms with E-state index >= 15 is 0 Å². The van der Waals surface area contributed by atoms with Crippen LogP contribution in [0.3, 0.4) is 0 Å². The van der Waals surface area contributed by atoms with E-state index in [1.807, 2.05) is 6.07 Å². The van der Waals surface area contributed by atoms with Crippen molar-refractivity contribution in [2.75, 3.05) is 11.1 Å². The van der Waals surface area contributed by atoms with Gasteiger partial charge in [0.05, 0.1) is 21.9 Å². The van der Waals surface area contributed by atoms with Crippen LogP contribution in [0.1, 0.15) is 22.4 Å². The summed E-state index contributed by atoms with van der Waals surface area (Å²) in [5.41, 5.74) is 1.40. The van der Waals surface area contributed by atoms with E-state index in [4.69, 9.17) is 0 Å². The first-order valence-electron chi connectivity index (χ1n) is 8.43. The number of aromatic nitrogens is 2. The lowest BCUT2D eigenvalue weighted by Crippen LogP contribution is -2.15. The van der Waals surface area contributed by atoms with Gasteiger partial charge in [-0.1, -0.05) is 11.8 Å². The number of nitrogens with one attached hydrogen (secondary N) is 1. The SMILES string of the molecule is N#Cc1cc([N+](=O)[O-])ccc1NC(=O)CSc1ncnc2sc3c(c12)CCC3. The number of thioether (sulfide) groups is 1. The monoisotopic (exact) mass is 411 g/mol. The number of hydrogen-bond donors (Lipinski definition) is 1. The van der Waals surface area contributed by atoms with E-state index in [9.17, 15) is 20.2 Å². The van der Waals surface area contributed by atoms with Gasteiger partial charge >= 0.3 is 0 Å². The molecule has 0 saturated heterocycles. The fraction of sp³-hybridized carbons (Fsp3) is 0.222. The molecule has 1 amide bonds. The Labute approximate surface area is 167 Å². The summed E-state index contributed by atoms with van der Waals surface area (Å²) in [4.78, 5) is 33.6. The summed E-state index contributed by atoms with van der Waals surface area (Å²) in [6.07, 6.45) is 4.72. The van der Waals surface area contributed by atoms with Crippen molar-refractivity contribution in [1.29, 1.82) is 5.26 Å². The molecule has 1 aliphatic rings. The molecule has 2 heterocycles. The average molecular weight is 411 g/mol. The number of rotatable bonds is 5. The first-order valence-corrected chi connectivity index (χ1v) is 10.2. The lowest BCUT2D eigenvalue weighted by Gasteiger charge is -2.07. The van der Waals surface area contributed by atoms with E-state index in [0.29, 0.717) is 0 Å². The number of benzene rings is 1. The highest BCUT2D eigenvalue weighted by molar-refractivity contribution is 8.00. The number of anilines is 1. The van der Waals surface area contributed by atoms with Crippen molar-refractivity contribution in [2.24, 2.45) is 0 Å². The maximum absolute atomic E-state index is 12.4. The summed E-state index contributed by atoms with van der Waals surface area (Å²) < 4.78 is 0. The zero-order valence-electron chi connectivity index (χ0n) is 14.5. The van der Waals surface area contributed by atoms with Gasteiger partial charge < -0.3 is 5.32 Å². The van der Waals surface area contributed by atoms with Gasteiger partial charge in [-0.25, -0.2) is 9.97 Å². The molecule has 0 bridgehead atoms. The van der Waals surface area contributed by atoms with Crippen LogP contribution in [0.5, 0.6) is 0 Å². The molecule has 0 radical (unpaired) electrons. The largest absolute Gasteiger partial charge is 0.324 e. The third-order valence-electron chi connectivity index (χ3n) is 4.42. The second kappa shape index (κ2) is 7.53. The molecule has 1 N–H and O–H groups in total. The molecule has 2 aromatic heterocycles. The Kier molecular flexibility index (Phi) is 4.93. The number of fused-ring (bicyclic) bond motifs is 3. The number of non-ortho nitro benzene ring substituents is 1. The topological polar surface area (TPSA) is 122 Å². The third kappa shape index (κ3) is 3.42. The van der Waals surface area contributed by atoms with Crippen LogP contribution >= 0.6 is 23.1 Å². The molecular formula is C18H13N5O3S2. The van der Waals surface area contributed by atoms with Crippen molar-refractivity contribution in [3.05, 3.63) is 50.6 Å². The molecule has 28 heavy (non-hydrogen) atoms. The van der Waals surface area contributed by atoms with Crippen molar-refractivity contribution < 1.29 is 9.72 Å². The second-order valence-corrected chi connectivity index (χ2v) is 8.20. The Morgan fingerprint density at radius 1 is 1.39 bits per heavy atom. The Hall–Kier alpha value is -3.03. The van der Waals surface area contributed by atoms with Crippen LogP contribution in [0.2, 0.25) is 0 Å². The van der Waals surface area contributed by atoms with Crippen molar-refractivity contribution >= 4 is 50.6 Å². The van der Waals surface area contributed by atoms with Crippen molar-refractivity contribution in [3.8, 4) is 6.07 Å². The van der Waals surface area contributed by atoms with Crippen molar-refractivity contribution in [1.82, 2.24) is 9.97 Å². The molecule has 4 rings (SSSR count). The zero-order valence-corrected chi connectivity index (χ0v) is 16.1. The van der Waals surface area contributed by atoms with Crippen molar-refractivity contribution in [2.45, 2.75) is 24.3 Å². The number of nitro benzene ring substituents is 1. The fourth-order valence-electron chi connectivity index (χ4n) is 3.18. The number of amides is 1. The minimum Gasteiger partial charge on any atom is -0.324 e. The Balaban J connectivity index is 1.50. The summed E-state index contributed by atoms with van der Waals surface area (Å²) in [5, 5.41) is 24.5. The summed E-state index contributed by atoms with van der Waals surface area (Å²) in [6.45, 7) is 0. The molecular weight excluding hydrogens is 398 g/mol. The number of hydrogen-bond acceptors (Lipinski definition) is 8. The van der Waals surface area contributed by atoms with Crippen LogP contribution in [-0.2, 0) is 17.6 Å². The average Bonchev–Trinajstić information content (AvgIpc) is 3.27. The maximum Gasteiger partial charge on any atom is 0.270 e. The number of carbonyl (C=O) groups excluding carboxylic acids is 1. The molecule has 0 saturated carbocycles. The van der Waals surface area contributed by atoms with Gasteiger partial charge in [-0.15, -0.1) is 11.3 Å². The molecule has 10 heteroatoms. The molecule has 1 aliphatic carbocycles. The smallest absolute Gasteiger partial charge is 0.270 e. The fourth-order valence-corrected chi connectivity index (χ4v) is 5.30. The van der Waals surface area contributed by atoms with E-state index in [1.165, 1.54) is 40.7 Å². The van der Waals surface area contributed by atoms with E-state index in [1.54, 1.807) is 11.3 Å². The van der Waals surface area contributed by atoms with Gasteiger partial charge in [0.25, 0.3) is 5.69 Å². The van der Waals surface area contributed by atoms with Gasteiger partial charge in [-0.05, 0) is 30.9 Å². The van der Waals surface area contributed by atoms with Crippen LogP contribution < -0.4 is 5.32 Å². The van der Waals surface area contributed by atoms with Crippen LogP contribution in [0.15, 0.2) is 29.6 Å². The quantitative estimate of drug-likeness (QED) is 0.294. The predicted octanol–water partition coefficient (Wildman–Crippen LogP) is 3.69. The van der Waals surface area contributed by atoms with E-state index in [-0.39, 0.29) is 28.6 Å². The first kappa shape index (κ1) is 18.3. The number of nitrogens with zero attached hydrogens (tertiary/aromatic N) is 4. The summed E-state index contributed by atoms with van der Waals surface area (Å²) in [6, 6.07) is 5.64. The molecule has 0 unspecified atom stereocenters. The number of aryl methyl sites for hydroxylation is 2. The summed E-state index contributed by atoms with van der Waals surface area (Å²) >= 11 is 3.01. The molecule has 3 aromatic rings. The molecule has 1 aromatic carbocycles. The molecule has 0 fully saturated rings. The molecule has 8 nitrogen and oxygen atoms in total. The molecule has 140 valence electrons. The molecule has 0 atom stereocenters. The van der Waals surface area contributed by atoms with Crippen molar-refractivity contribution in [3.63, 3.8) is 0 Å². The lowest BCUT2D eigenvalue weighted by atomic mass is 10.1. The zero-order chi connectivity index (χ0) is 19.7. The highest BCUT2D eigenvalue weighted by Gasteiger charge is 2.22. The maximum atomic E-state index is 12.4. The normalized spacial score (nSPS) is 12.5. The predicted molar refractivity (Wildman–Crippen MR) is 107 cm³/mol. The van der Waals surface area contributed by atoms with Crippen LogP contribution in [0.4, 0.5) is 11.4 Å². The standard InChI is InChI=1S/C18H13N5O3S2/c19-7-10-6-11(23(25)26)4-5-13(10)22-15(24)8-27-17-16-12-2-1-3-14(12)28-18(16)21-9-20-17/h4-6,9H,1-3,8H2,(H,22,24). The van der Waals surface area contributed by atoms with Crippen LogP contribution in [-0.4, -0.2) is 26.6 Å². The molecule has 0 aliphatic heterocycles. The second-order valence-electron chi connectivity index (χ2n) is 6.15. The number of carbonyl (C=O) groups is 1. The van der Waals surface area contributed by atoms with E-state index in [0.717, 1.165) is 40.6 Å². The van der Waals surface area contributed by atoms with Gasteiger partial charge in [-0.2, -0.15) is 5.26 Å². The van der Waals surface area contributed by atoms with E-state index in [2.05, 4.69) is 15.3 Å². The van der Waals surface area contributed by atoms with Gasteiger partial charge in [0.2, 0.25) is 5.91 Å². The van der Waals surface area contributed by atoms with Crippen LogP contribution in [0.25, 0.3) is 10.2 Å². The summed E-state index contributed by atoms with van der Waals surface area (Å²) in [5.74, 6) is -0.201. The summed E-state index contributed by atoms with van der Waals surface area (Å²) in [7, 11) is 0. The number of nitro groups is 1. The Morgan fingerprint density at radius 2 is 2.25 bits per heavy atom. The first-order chi connectivity index (χ1) is 13.6. The van der Waals surface area contributed by atoms with Gasteiger partial charge in [0.15, 0.2) is 0 Å². The minimum atomic E-state index is -0.581. The van der Waals surface area contributed by atoms with Gasteiger partial charge in [0, 0.05) is 22.4 Å². The van der Waals surface area contributed by atoms with Gasteiger partial charge in [0.1, 0.15) is 22.3 Å². The third-order valence-corrected chi connectivity index (χ3v) is 6.60. The Morgan fingerprint density at radius 3 is 3.04 bits per heavy atom. The number of nitriles is 1. The lowest BCUT2D eigenvalue weighted by molar-refractivity contribution is -0.384. The highest BCUT2D eigenvalue weighted by atomic mass is 32.2. The van der Waals surface area contributed by atoms with E-state index < -0.39 is 4.92 Å².